The summed E-state index contributed by atoms with van der Waals surface area (Å²) in [7, 11) is 0. The molecule has 2 aromatic heterocycles. The van der Waals surface area contributed by atoms with Crippen LogP contribution in [0.2, 0.25) is 5.15 Å². The molecule has 0 aliphatic carbocycles. The van der Waals surface area contributed by atoms with E-state index in [4.69, 9.17) is 16.0 Å². The molecule has 1 amide bonds. The summed E-state index contributed by atoms with van der Waals surface area (Å²) >= 11 is 6.05. The molecule has 3 rings (SSSR count). The van der Waals surface area contributed by atoms with Crippen LogP contribution in [-0.4, -0.2) is 21.9 Å². The molecule has 0 unspecified atom stereocenters. The van der Waals surface area contributed by atoms with Gasteiger partial charge in [0.1, 0.15) is 10.7 Å². The smallest absolute Gasteiger partial charge is 0.251 e. The maximum absolute atomic E-state index is 12.0. The minimum absolute atomic E-state index is 0.0743. The fraction of sp³-hybridized carbons (Fsp3) is 0.188. The Balaban J connectivity index is 2.01. The summed E-state index contributed by atoms with van der Waals surface area (Å²) in [5.41, 5.74) is 2.36. The third-order valence-electron chi connectivity index (χ3n) is 3.06. The van der Waals surface area contributed by atoms with Gasteiger partial charge in [0.15, 0.2) is 5.58 Å². The van der Waals surface area contributed by atoms with Gasteiger partial charge in [0.2, 0.25) is 5.89 Å². The van der Waals surface area contributed by atoms with Gasteiger partial charge in [-0.3, -0.25) is 4.79 Å². The molecule has 0 fully saturated rings. The highest BCUT2D eigenvalue weighted by atomic mass is 35.5. The molecule has 1 aromatic carbocycles. The van der Waals surface area contributed by atoms with E-state index < -0.39 is 0 Å². The molecule has 6 heteroatoms. The van der Waals surface area contributed by atoms with E-state index in [0.717, 1.165) is 0 Å². The van der Waals surface area contributed by atoms with Crippen molar-refractivity contribution < 1.29 is 9.21 Å². The highest BCUT2D eigenvalue weighted by Gasteiger charge is 2.14. The van der Waals surface area contributed by atoms with E-state index >= 15 is 0 Å². The van der Waals surface area contributed by atoms with Gasteiger partial charge < -0.3 is 9.73 Å². The summed E-state index contributed by atoms with van der Waals surface area (Å²) in [5, 5.41) is 3.17. The van der Waals surface area contributed by atoms with Crippen LogP contribution in [0.5, 0.6) is 0 Å². The molecule has 1 N–H and O–H groups in total. The number of carbonyl (C=O) groups is 1. The largest absolute Gasteiger partial charge is 0.436 e. The van der Waals surface area contributed by atoms with Gasteiger partial charge in [-0.15, -0.1) is 0 Å². The summed E-state index contributed by atoms with van der Waals surface area (Å²) in [6, 6.07) is 8.75. The Hall–Kier alpha value is -2.40. The van der Waals surface area contributed by atoms with Gasteiger partial charge in [0.05, 0.1) is 5.56 Å². The van der Waals surface area contributed by atoms with E-state index in [9.17, 15) is 4.79 Å². The van der Waals surface area contributed by atoms with Gasteiger partial charge in [0.25, 0.3) is 5.91 Å². The van der Waals surface area contributed by atoms with Crippen molar-refractivity contribution in [3.63, 3.8) is 0 Å². The zero-order chi connectivity index (χ0) is 15.7. The van der Waals surface area contributed by atoms with Crippen LogP contribution in [0.25, 0.3) is 22.6 Å². The maximum atomic E-state index is 12.0. The predicted octanol–water partition coefficient (Wildman–Crippen LogP) is 3.68. The van der Waals surface area contributed by atoms with Crippen molar-refractivity contribution in [1.82, 2.24) is 15.3 Å². The number of nitrogens with one attached hydrogen (secondary N) is 1. The monoisotopic (exact) mass is 315 g/mol. The summed E-state index contributed by atoms with van der Waals surface area (Å²) < 4.78 is 5.68. The van der Waals surface area contributed by atoms with Crippen molar-refractivity contribution in [1.29, 1.82) is 0 Å². The van der Waals surface area contributed by atoms with E-state index in [1.54, 1.807) is 36.5 Å². The lowest BCUT2D eigenvalue weighted by atomic mass is 10.2. The number of pyridine rings is 1. The molecule has 22 heavy (non-hydrogen) atoms. The Morgan fingerprint density at radius 3 is 2.86 bits per heavy atom. The highest BCUT2D eigenvalue weighted by Crippen LogP contribution is 2.28. The summed E-state index contributed by atoms with van der Waals surface area (Å²) in [6.07, 6.45) is 1.60. The average Bonchev–Trinajstić information content (AvgIpc) is 2.89. The van der Waals surface area contributed by atoms with Crippen molar-refractivity contribution in [3.8, 4) is 11.5 Å². The summed E-state index contributed by atoms with van der Waals surface area (Å²) in [5.74, 6) is 0.246. The first-order chi connectivity index (χ1) is 10.5. The number of oxazole rings is 1. The molecule has 0 spiro atoms. The van der Waals surface area contributed by atoms with Crippen LogP contribution in [0, 0.1) is 0 Å². The second-order valence-electron chi connectivity index (χ2n) is 5.17. The molecule has 0 atom stereocenters. The van der Waals surface area contributed by atoms with Crippen LogP contribution in [0.15, 0.2) is 40.9 Å². The number of hydrogen-bond acceptors (Lipinski definition) is 4. The van der Waals surface area contributed by atoms with E-state index in [1.165, 1.54) is 0 Å². The molecule has 0 radical (unpaired) electrons. The number of benzene rings is 1. The molecule has 0 saturated carbocycles. The zero-order valence-corrected chi connectivity index (χ0v) is 12.9. The molecule has 112 valence electrons. The van der Waals surface area contributed by atoms with Gasteiger partial charge in [-0.2, -0.15) is 0 Å². The molecule has 3 aromatic rings. The Morgan fingerprint density at radius 1 is 1.32 bits per heavy atom. The number of aromatic nitrogens is 2. The van der Waals surface area contributed by atoms with Crippen molar-refractivity contribution >= 4 is 28.6 Å². The van der Waals surface area contributed by atoms with Crippen molar-refractivity contribution in [2.24, 2.45) is 0 Å². The molecule has 0 aliphatic heterocycles. The Bertz CT molecular complexity index is 842. The van der Waals surface area contributed by atoms with Crippen LogP contribution in [0.3, 0.4) is 0 Å². The number of halogens is 1. The van der Waals surface area contributed by atoms with Gasteiger partial charge in [-0.25, -0.2) is 9.97 Å². The average molecular weight is 316 g/mol. The first-order valence-electron chi connectivity index (χ1n) is 6.87. The first kappa shape index (κ1) is 14.5. The van der Waals surface area contributed by atoms with Gasteiger partial charge >= 0.3 is 0 Å². The van der Waals surface area contributed by atoms with Crippen molar-refractivity contribution in [2.75, 3.05) is 0 Å². The maximum Gasteiger partial charge on any atom is 0.251 e. The fourth-order valence-electron chi connectivity index (χ4n) is 2.07. The topological polar surface area (TPSA) is 68.0 Å². The minimum atomic E-state index is -0.138. The van der Waals surface area contributed by atoms with Crippen molar-refractivity contribution in [2.45, 2.75) is 19.9 Å². The Morgan fingerprint density at radius 2 is 2.14 bits per heavy atom. The lowest BCUT2D eigenvalue weighted by molar-refractivity contribution is 0.0943. The number of amides is 1. The highest BCUT2D eigenvalue weighted by molar-refractivity contribution is 6.31. The zero-order valence-electron chi connectivity index (χ0n) is 12.1. The minimum Gasteiger partial charge on any atom is -0.436 e. The molecular weight excluding hydrogens is 302 g/mol. The van der Waals surface area contributed by atoms with Gasteiger partial charge in [-0.1, -0.05) is 11.6 Å². The number of fused-ring (bicyclic) bond motifs is 1. The standard InChI is InChI=1S/C16H14ClN3O2/c1-9(2)19-15(21)10-5-6-13-12(8-10)20-16(22-13)11-4-3-7-18-14(11)17/h3-9H,1-2H3,(H,19,21). The molecule has 0 saturated heterocycles. The molecule has 0 aliphatic rings. The van der Waals surface area contributed by atoms with Crippen LogP contribution in [0.1, 0.15) is 24.2 Å². The number of hydrogen-bond donors (Lipinski definition) is 1. The van der Waals surface area contributed by atoms with E-state index in [2.05, 4.69) is 15.3 Å². The molecule has 0 bridgehead atoms. The van der Waals surface area contributed by atoms with E-state index in [0.29, 0.717) is 33.3 Å². The fourth-order valence-corrected chi connectivity index (χ4v) is 2.28. The molecule has 5 nitrogen and oxygen atoms in total. The summed E-state index contributed by atoms with van der Waals surface area (Å²) in [6.45, 7) is 3.82. The normalized spacial score (nSPS) is 11.1. The van der Waals surface area contributed by atoms with Crippen LogP contribution in [0.4, 0.5) is 0 Å². The van der Waals surface area contributed by atoms with Crippen LogP contribution in [-0.2, 0) is 0 Å². The van der Waals surface area contributed by atoms with E-state index in [-0.39, 0.29) is 11.9 Å². The number of rotatable bonds is 3. The van der Waals surface area contributed by atoms with Gasteiger partial charge in [-0.05, 0) is 44.2 Å². The lowest BCUT2D eigenvalue weighted by Gasteiger charge is -2.07. The quantitative estimate of drug-likeness (QED) is 0.749. The number of nitrogens with zero attached hydrogens (tertiary/aromatic N) is 2. The Kier molecular flexibility index (Phi) is 3.81. The second-order valence-corrected chi connectivity index (χ2v) is 5.53. The van der Waals surface area contributed by atoms with Gasteiger partial charge in [0, 0.05) is 17.8 Å². The summed E-state index contributed by atoms with van der Waals surface area (Å²) in [4.78, 5) is 20.4. The lowest BCUT2D eigenvalue weighted by Crippen LogP contribution is -2.29. The predicted molar refractivity (Wildman–Crippen MR) is 84.9 cm³/mol. The van der Waals surface area contributed by atoms with Crippen LogP contribution < -0.4 is 5.32 Å². The first-order valence-corrected chi connectivity index (χ1v) is 7.25. The molecular formula is C16H14ClN3O2. The SMILES string of the molecule is CC(C)NC(=O)c1ccc2oc(-c3cccnc3Cl)nc2c1. The third kappa shape index (κ3) is 2.80. The third-order valence-corrected chi connectivity index (χ3v) is 3.36. The molecule has 2 heterocycles. The van der Waals surface area contributed by atoms with E-state index in [1.807, 2.05) is 13.8 Å². The van der Waals surface area contributed by atoms with Crippen molar-refractivity contribution in [3.05, 3.63) is 47.2 Å². The second kappa shape index (κ2) is 5.77. The number of carbonyl (C=O) groups excluding carboxylic acids is 1. The van der Waals surface area contributed by atoms with Crippen LogP contribution >= 0.6 is 11.6 Å². The Labute approximate surface area is 132 Å².